The number of hydrogen-bond acceptors (Lipinski definition) is 0. The molecule has 0 N–H and O–H groups in total. The average Bonchev–Trinajstić information content (AvgIpc) is 2.54. The van der Waals surface area contributed by atoms with E-state index < -0.39 is 0 Å². The maximum absolute atomic E-state index is 3.50. The topological polar surface area (TPSA) is 8.81 Å². The number of benzene rings is 1. The summed E-state index contributed by atoms with van der Waals surface area (Å²) in [5, 5.41) is 0. The summed E-state index contributed by atoms with van der Waals surface area (Å²) in [5.74, 6) is 0. The van der Waals surface area contributed by atoms with Crippen LogP contribution in [-0.4, -0.2) is 14.8 Å². The van der Waals surface area contributed by atoms with Crippen LogP contribution in [0.3, 0.4) is 0 Å². The van der Waals surface area contributed by atoms with E-state index in [1.54, 1.807) is 0 Å². The van der Waals surface area contributed by atoms with E-state index >= 15 is 0 Å². The zero-order chi connectivity index (χ0) is 9.97. The fourth-order valence-electron chi connectivity index (χ4n) is 1.77. The molecule has 1 aromatic carbocycles. The minimum Gasteiger partial charge on any atom is -0.233 e. The minimum atomic E-state index is 1.05. The number of imidazole rings is 1. The second-order valence-corrected chi connectivity index (χ2v) is 4.01. The molecule has 0 atom stereocenters. The van der Waals surface area contributed by atoms with Crippen LogP contribution in [0.15, 0.2) is 30.6 Å². The van der Waals surface area contributed by atoms with Crippen molar-refractivity contribution in [2.45, 2.75) is 19.0 Å². The first-order valence-electron chi connectivity index (χ1n) is 4.91. The van der Waals surface area contributed by atoms with Crippen LogP contribution in [0.1, 0.15) is 6.42 Å². The summed E-state index contributed by atoms with van der Waals surface area (Å²) in [4.78, 5) is 0. The fourth-order valence-corrected chi connectivity index (χ4v) is 1.92. The Morgan fingerprint density at radius 3 is 2.93 bits per heavy atom. The van der Waals surface area contributed by atoms with Crippen molar-refractivity contribution in [1.82, 2.24) is 4.57 Å². The van der Waals surface area contributed by atoms with Gasteiger partial charge in [-0.1, -0.05) is 18.2 Å². The van der Waals surface area contributed by atoms with Gasteiger partial charge in [-0.15, -0.1) is 0 Å². The van der Waals surface area contributed by atoms with Crippen LogP contribution in [-0.2, 0) is 13.6 Å². The second kappa shape index (κ2) is 3.96. The van der Waals surface area contributed by atoms with Crippen LogP contribution in [0.5, 0.6) is 0 Å². The third-order valence-electron chi connectivity index (χ3n) is 2.46. The van der Waals surface area contributed by atoms with Crippen molar-refractivity contribution in [2.75, 3.05) is 0 Å². The molecule has 0 unspecified atom stereocenters. The van der Waals surface area contributed by atoms with E-state index in [0.717, 1.165) is 19.0 Å². The zero-order valence-corrected chi connectivity index (χ0v) is 9.40. The number of rotatable bonds is 3. The maximum Gasteiger partial charge on any atom is 0.244 e. The lowest BCUT2D eigenvalue weighted by Crippen LogP contribution is -2.25. The van der Waals surface area contributed by atoms with Crippen LogP contribution in [0.2, 0.25) is 6.04 Å². The second-order valence-electron chi connectivity index (χ2n) is 3.51. The molecule has 1 aromatic heterocycles. The predicted molar refractivity (Wildman–Crippen MR) is 58.3 cm³/mol. The lowest BCUT2D eigenvalue weighted by molar-refractivity contribution is -0.645. The molecule has 0 aliphatic carbocycles. The molecule has 0 fully saturated rings. The molecular formula is C11H14N2Si+. The summed E-state index contributed by atoms with van der Waals surface area (Å²) < 4.78 is 4.47. The lowest BCUT2D eigenvalue weighted by Gasteiger charge is -1.94. The molecule has 14 heavy (non-hydrogen) atoms. The van der Waals surface area contributed by atoms with E-state index in [1.165, 1.54) is 11.0 Å². The number of para-hydroxylation sites is 2. The van der Waals surface area contributed by atoms with Crippen LogP contribution >= 0.6 is 0 Å². The predicted octanol–water partition coefficient (Wildman–Crippen LogP) is 1.44. The highest BCUT2D eigenvalue weighted by Gasteiger charge is 2.10. The van der Waals surface area contributed by atoms with E-state index in [2.05, 4.69) is 57.0 Å². The molecule has 0 aliphatic rings. The molecule has 0 spiro atoms. The molecule has 3 radical (unpaired) electrons. The summed E-state index contributed by atoms with van der Waals surface area (Å²) in [7, 11) is 5.59. The van der Waals surface area contributed by atoms with Gasteiger partial charge in [0.15, 0.2) is 11.0 Å². The van der Waals surface area contributed by atoms with Crippen molar-refractivity contribution in [3.8, 4) is 0 Å². The number of hydrogen-bond donors (Lipinski definition) is 0. The molecule has 1 heterocycles. The SMILES string of the molecule is C[n+]1cn(CCC[Si])c2ccccc21. The maximum atomic E-state index is 3.50. The van der Waals surface area contributed by atoms with E-state index in [9.17, 15) is 0 Å². The minimum absolute atomic E-state index is 1.05. The van der Waals surface area contributed by atoms with Crippen molar-refractivity contribution >= 4 is 21.3 Å². The van der Waals surface area contributed by atoms with Gasteiger partial charge in [0.2, 0.25) is 6.33 Å². The molecule has 0 bridgehead atoms. The Morgan fingerprint density at radius 2 is 2.14 bits per heavy atom. The van der Waals surface area contributed by atoms with Gasteiger partial charge >= 0.3 is 0 Å². The Hall–Kier alpha value is -1.09. The molecule has 0 saturated carbocycles. The van der Waals surface area contributed by atoms with Crippen molar-refractivity contribution in [1.29, 1.82) is 0 Å². The Labute approximate surface area is 87.6 Å². The number of aryl methyl sites for hydroxylation is 2. The Balaban J connectivity index is 2.44. The van der Waals surface area contributed by atoms with Crippen molar-refractivity contribution in [3.63, 3.8) is 0 Å². The van der Waals surface area contributed by atoms with Gasteiger partial charge in [-0.05, 0) is 18.6 Å². The van der Waals surface area contributed by atoms with E-state index in [0.29, 0.717) is 0 Å². The molecule has 2 rings (SSSR count). The van der Waals surface area contributed by atoms with E-state index in [4.69, 9.17) is 0 Å². The van der Waals surface area contributed by atoms with Gasteiger partial charge < -0.3 is 0 Å². The molecule has 0 amide bonds. The summed E-state index contributed by atoms with van der Waals surface area (Å²) >= 11 is 0. The molecule has 2 aromatic rings. The van der Waals surface area contributed by atoms with Gasteiger partial charge in [0.05, 0.1) is 13.6 Å². The highest BCUT2D eigenvalue weighted by molar-refractivity contribution is 6.08. The zero-order valence-electron chi connectivity index (χ0n) is 8.40. The third kappa shape index (κ3) is 1.59. The Bertz CT molecular complexity index is 434. The van der Waals surface area contributed by atoms with Gasteiger partial charge in [-0.25, -0.2) is 9.13 Å². The van der Waals surface area contributed by atoms with Crippen molar-refractivity contribution < 1.29 is 4.57 Å². The van der Waals surface area contributed by atoms with Crippen molar-refractivity contribution in [2.24, 2.45) is 7.05 Å². The first-order valence-corrected chi connectivity index (χ1v) is 5.62. The lowest BCUT2D eigenvalue weighted by atomic mass is 10.3. The first kappa shape index (κ1) is 9.46. The van der Waals surface area contributed by atoms with E-state index in [1.807, 2.05) is 0 Å². The first-order chi connectivity index (χ1) is 6.83. The van der Waals surface area contributed by atoms with Crippen molar-refractivity contribution in [3.05, 3.63) is 30.6 Å². The highest BCUT2D eigenvalue weighted by atomic mass is 28.1. The summed E-state index contributed by atoms with van der Waals surface area (Å²) in [6.07, 6.45) is 3.32. The molecule has 0 aliphatic heterocycles. The quantitative estimate of drug-likeness (QED) is 0.526. The molecule has 0 saturated heterocycles. The van der Waals surface area contributed by atoms with Gasteiger partial charge in [0, 0.05) is 10.2 Å². The average molecular weight is 202 g/mol. The summed E-state index contributed by atoms with van der Waals surface area (Å²) in [6.45, 7) is 1.07. The Morgan fingerprint density at radius 1 is 1.36 bits per heavy atom. The summed E-state index contributed by atoms with van der Waals surface area (Å²) in [6, 6.07) is 9.54. The summed E-state index contributed by atoms with van der Waals surface area (Å²) in [5.41, 5.74) is 2.61. The standard InChI is InChI=1S/C11H14N2Si/c1-12-9-13(7-4-8-14)11-6-3-2-5-10(11)12/h2-3,5-6,9H,4,7-8H2,1H3/q+1. The van der Waals surface area contributed by atoms with Crippen LogP contribution in [0, 0.1) is 0 Å². The largest absolute Gasteiger partial charge is 0.244 e. The highest BCUT2D eigenvalue weighted by Crippen LogP contribution is 2.10. The van der Waals surface area contributed by atoms with Gasteiger partial charge in [-0.2, -0.15) is 0 Å². The monoisotopic (exact) mass is 202 g/mol. The molecule has 71 valence electrons. The van der Waals surface area contributed by atoms with Gasteiger partial charge in [-0.3, -0.25) is 0 Å². The smallest absolute Gasteiger partial charge is 0.233 e. The number of nitrogens with zero attached hydrogens (tertiary/aromatic N) is 2. The van der Waals surface area contributed by atoms with Crippen LogP contribution in [0.25, 0.3) is 11.0 Å². The number of fused-ring (bicyclic) bond motifs is 1. The third-order valence-corrected chi connectivity index (χ3v) is 2.81. The van der Waals surface area contributed by atoms with Crippen LogP contribution < -0.4 is 4.57 Å². The normalized spacial score (nSPS) is 11.0. The molecule has 3 heteroatoms. The van der Waals surface area contributed by atoms with Gasteiger partial charge in [0.25, 0.3) is 0 Å². The van der Waals surface area contributed by atoms with Crippen LogP contribution in [0.4, 0.5) is 0 Å². The van der Waals surface area contributed by atoms with E-state index in [-0.39, 0.29) is 0 Å². The number of aromatic nitrogens is 2. The fraction of sp³-hybridized carbons (Fsp3) is 0.364. The Kier molecular flexibility index (Phi) is 2.68. The molecule has 2 nitrogen and oxygen atoms in total. The van der Waals surface area contributed by atoms with Gasteiger partial charge in [0.1, 0.15) is 0 Å². The molecular weight excluding hydrogens is 188 g/mol.